The number of hydrogen-bond acceptors (Lipinski definition) is 3. The molecule has 0 aromatic carbocycles. The van der Waals surface area contributed by atoms with Crippen molar-refractivity contribution < 1.29 is 0 Å². The molecule has 0 spiro atoms. The molecule has 0 amide bonds. The van der Waals surface area contributed by atoms with E-state index in [0.717, 1.165) is 6.54 Å². The highest BCUT2D eigenvalue weighted by molar-refractivity contribution is 4.81. The number of nitrogens with one attached hydrogen (secondary N) is 1. The van der Waals surface area contributed by atoms with Crippen LogP contribution in [0, 0.1) is 0 Å². The summed E-state index contributed by atoms with van der Waals surface area (Å²) < 4.78 is 0. The van der Waals surface area contributed by atoms with Crippen LogP contribution in [0.5, 0.6) is 0 Å². The fraction of sp³-hybridized carbons (Fsp3) is 1.00. The van der Waals surface area contributed by atoms with Crippen LogP contribution in [0.4, 0.5) is 0 Å². The summed E-state index contributed by atoms with van der Waals surface area (Å²) in [5.41, 5.74) is 0. The molecule has 1 aliphatic heterocycles. The molecule has 1 N–H and O–H groups in total. The third-order valence-corrected chi connectivity index (χ3v) is 3.19. The molecule has 0 aliphatic carbocycles. The Balaban J connectivity index is 2.13. The van der Waals surface area contributed by atoms with Gasteiger partial charge in [-0.05, 0) is 53.9 Å². The van der Waals surface area contributed by atoms with Crippen LogP contribution in [-0.4, -0.2) is 62.2 Å². The van der Waals surface area contributed by atoms with E-state index in [1.165, 1.54) is 32.5 Å². The minimum absolute atomic E-state index is 0.662. The zero-order chi connectivity index (χ0) is 11.3. The van der Waals surface area contributed by atoms with E-state index in [0.29, 0.717) is 12.1 Å². The molecule has 1 heterocycles. The maximum atomic E-state index is 3.52. The van der Waals surface area contributed by atoms with Gasteiger partial charge in [0.2, 0.25) is 0 Å². The van der Waals surface area contributed by atoms with Gasteiger partial charge in [-0.3, -0.25) is 4.90 Å². The van der Waals surface area contributed by atoms with Gasteiger partial charge < -0.3 is 10.2 Å². The van der Waals surface area contributed by atoms with Crippen LogP contribution >= 0.6 is 0 Å². The molecule has 3 heteroatoms. The molecule has 3 nitrogen and oxygen atoms in total. The Kier molecular flexibility index (Phi) is 5.58. The first-order valence-corrected chi connectivity index (χ1v) is 6.21. The van der Waals surface area contributed by atoms with E-state index in [2.05, 4.69) is 43.1 Å². The third-order valence-electron chi connectivity index (χ3n) is 3.19. The largest absolute Gasteiger partial charge is 0.311 e. The lowest BCUT2D eigenvalue weighted by atomic mass is 10.1. The van der Waals surface area contributed by atoms with E-state index in [4.69, 9.17) is 0 Å². The van der Waals surface area contributed by atoms with Crippen molar-refractivity contribution in [2.75, 3.05) is 40.3 Å². The highest BCUT2D eigenvalue weighted by atomic mass is 15.2. The number of nitrogens with zero attached hydrogens (tertiary/aromatic N) is 2. The Morgan fingerprint density at radius 1 is 1.27 bits per heavy atom. The van der Waals surface area contributed by atoms with Gasteiger partial charge in [0.25, 0.3) is 0 Å². The van der Waals surface area contributed by atoms with Crippen LogP contribution in [0.1, 0.15) is 26.7 Å². The van der Waals surface area contributed by atoms with Gasteiger partial charge in [-0.2, -0.15) is 0 Å². The second-order valence-corrected chi connectivity index (χ2v) is 5.16. The van der Waals surface area contributed by atoms with Gasteiger partial charge in [0, 0.05) is 25.2 Å². The van der Waals surface area contributed by atoms with Crippen molar-refractivity contribution in [3.05, 3.63) is 0 Å². The molecule has 2 unspecified atom stereocenters. The minimum Gasteiger partial charge on any atom is -0.311 e. The van der Waals surface area contributed by atoms with E-state index < -0.39 is 0 Å². The van der Waals surface area contributed by atoms with Crippen LogP contribution in [0.25, 0.3) is 0 Å². The molecule has 0 aromatic rings. The summed E-state index contributed by atoms with van der Waals surface area (Å²) in [6.07, 6.45) is 2.65. The minimum atomic E-state index is 0.662. The molecule has 0 aromatic heterocycles. The molecule has 1 aliphatic rings. The van der Waals surface area contributed by atoms with Crippen molar-refractivity contribution in [1.82, 2.24) is 15.1 Å². The lowest BCUT2D eigenvalue weighted by Crippen LogP contribution is -2.54. The topological polar surface area (TPSA) is 18.5 Å². The Hall–Kier alpha value is -0.120. The van der Waals surface area contributed by atoms with E-state index in [-0.39, 0.29) is 0 Å². The van der Waals surface area contributed by atoms with Crippen molar-refractivity contribution >= 4 is 0 Å². The standard InChI is InChI=1S/C12H27N3/c1-11-10-15(12(2)9-13-11)8-6-5-7-14(3)4/h11-13H,5-10H2,1-4H3. The summed E-state index contributed by atoms with van der Waals surface area (Å²) in [5, 5.41) is 3.52. The summed E-state index contributed by atoms with van der Waals surface area (Å²) in [5.74, 6) is 0. The first-order chi connectivity index (χ1) is 7.09. The van der Waals surface area contributed by atoms with Gasteiger partial charge in [-0.25, -0.2) is 0 Å². The summed E-state index contributed by atoms with van der Waals surface area (Å²) in [6, 6.07) is 1.37. The van der Waals surface area contributed by atoms with E-state index in [1.807, 2.05) is 0 Å². The van der Waals surface area contributed by atoms with Gasteiger partial charge in [0.05, 0.1) is 0 Å². The van der Waals surface area contributed by atoms with Gasteiger partial charge in [0.15, 0.2) is 0 Å². The average molecular weight is 213 g/mol. The van der Waals surface area contributed by atoms with Crippen LogP contribution in [-0.2, 0) is 0 Å². The lowest BCUT2D eigenvalue weighted by molar-refractivity contribution is 0.143. The van der Waals surface area contributed by atoms with Crippen molar-refractivity contribution in [1.29, 1.82) is 0 Å². The fourth-order valence-corrected chi connectivity index (χ4v) is 2.15. The normalized spacial score (nSPS) is 28.6. The number of rotatable bonds is 5. The van der Waals surface area contributed by atoms with Crippen LogP contribution in [0.2, 0.25) is 0 Å². The second kappa shape index (κ2) is 6.46. The molecule has 1 rings (SSSR count). The molecule has 1 saturated heterocycles. The van der Waals surface area contributed by atoms with Gasteiger partial charge in [0.1, 0.15) is 0 Å². The van der Waals surface area contributed by atoms with Crippen LogP contribution in [0.3, 0.4) is 0 Å². The first kappa shape index (κ1) is 12.9. The van der Waals surface area contributed by atoms with E-state index in [1.54, 1.807) is 0 Å². The number of hydrogen-bond donors (Lipinski definition) is 1. The Morgan fingerprint density at radius 3 is 2.67 bits per heavy atom. The Bertz CT molecular complexity index is 170. The quantitative estimate of drug-likeness (QED) is 0.688. The summed E-state index contributed by atoms with van der Waals surface area (Å²) in [7, 11) is 4.30. The monoisotopic (exact) mass is 213 g/mol. The van der Waals surface area contributed by atoms with Crippen molar-refractivity contribution in [2.45, 2.75) is 38.8 Å². The zero-order valence-corrected chi connectivity index (χ0v) is 10.8. The van der Waals surface area contributed by atoms with Crippen molar-refractivity contribution in [2.24, 2.45) is 0 Å². The molecular formula is C12H27N3. The fourth-order valence-electron chi connectivity index (χ4n) is 2.15. The Morgan fingerprint density at radius 2 is 2.00 bits per heavy atom. The highest BCUT2D eigenvalue weighted by Gasteiger charge is 2.21. The maximum absolute atomic E-state index is 3.52. The molecule has 0 saturated carbocycles. The SMILES string of the molecule is CC1CN(CCCCN(C)C)C(C)CN1. The van der Waals surface area contributed by atoms with Crippen molar-refractivity contribution in [3.63, 3.8) is 0 Å². The van der Waals surface area contributed by atoms with Crippen molar-refractivity contribution in [3.8, 4) is 0 Å². The van der Waals surface area contributed by atoms with E-state index >= 15 is 0 Å². The maximum Gasteiger partial charge on any atom is 0.0193 e. The molecule has 15 heavy (non-hydrogen) atoms. The van der Waals surface area contributed by atoms with Crippen LogP contribution in [0.15, 0.2) is 0 Å². The molecule has 2 atom stereocenters. The predicted molar refractivity (Wildman–Crippen MR) is 66.3 cm³/mol. The first-order valence-electron chi connectivity index (χ1n) is 6.21. The summed E-state index contributed by atoms with van der Waals surface area (Å²) >= 11 is 0. The summed E-state index contributed by atoms with van der Waals surface area (Å²) in [6.45, 7) is 9.44. The van der Waals surface area contributed by atoms with E-state index in [9.17, 15) is 0 Å². The van der Waals surface area contributed by atoms with Gasteiger partial charge in [-0.1, -0.05) is 0 Å². The highest BCUT2D eigenvalue weighted by Crippen LogP contribution is 2.07. The smallest absolute Gasteiger partial charge is 0.0193 e. The molecule has 90 valence electrons. The zero-order valence-electron chi connectivity index (χ0n) is 10.8. The predicted octanol–water partition coefficient (Wildman–Crippen LogP) is 1.01. The van der Waals surface area contributed by atoms with Crippen LogP contribution < -0.4 is 5.32 Å². The number of unbranched alkanes of at least 4 members (excludes halogenated alkanes) is 1. The molecular weight excluding hydrogens is 186 g/mol. The molecule has 0 bridgehead atoms. The Labute approximate surface area is 94.8 Å². The second-order valence-electron chi connectivity index (χ2n) is 5.16. The number of piperazine rings is 1. The lowest BCUT2D eigenvalue weighted by Gasteiger charge is -2.37. The molecule has 1 fully saturated rings. The summed E-state index contributed by atoms with van der Waals surface area (Å²) in [4.78, 5) is 4.89. The van der Waals surface area contributed by atoms with Gasteiger partial charge in [-0.15, -0.1) is 0 Å². The average Bonchev–Trinajstić information content (AvgIpc) is 2.17. The van der Waals surface area contributed by atoms with Gasteiger partial charge >= 0.3 is 0 Å². The third kappa shape index (κ3) is 4.96. The molecule has 0 radical (unpaired) electrons.